The van der Waals surface area contributed by atoms with Crippen molar-refractivity contribution in [3.8, 4) is 0 Å². The Kier molecular flexibility index (Phi) is 8.31. The highest BCUT2D eigenvalue weighted by molar-refractivity contribution is 6.05. The van der Waals surface area contributed by atoms with Gasteiger partial charge < -0.3 is 19.8 Å². The molecule has 2 heterocycles. The molecule has 0 bridgehead atoms. The number of methoxy groups -OCH3 is 1. The van der Waals surface area contributed by atoms with Crippen LogP contribution in [0.1, 0.15) is 47.7 Å². The molecular formula is C26H30N4O6. The van der Waals surface area contributed by atoms with Crippen LogP contribution in [-0.4, -0.2) is 35.1 Å². The number of anilines is 2. The van der Waals surface area contributed by atoms with E-state index in [1.54, 1.807) is 6.92 Å². The Morgan fingerprint density at radius 2 is 1.92 bits per heavy atom. The predicted octanol–water partition coefficient (Wildman–Crippen LogP) is 2.95. The van der Waals surface area contributed by atoms with Crippen molar-refractivity contribution >= 4 is 29.5 Å². The number of nitrogen functional groups attached to an aromatic ring is 1. The summed E-state index contributed by atoms with van der Waals surface area (Å²) >= 11 is 0. The van der Waals surface area contributed by atoms with Crippen molar-refractivity contribution in [2.45, 2.75) is 33.7 Å². The number of rotatable bonds is 9. The average molecular weight is 495 g/mol. The van der Waals surface area contributed by atoms with E-state index >= 15 is 0 Å². The number of nitrogens with two attached hydrogens (primary N) is 1. The Labute approximate surface area is 208 Å². The highest BCUT2D eigenvalue weighted by Gasteiger charge is 2.23. The number of nitrogens with zero attached hydrogens (tertiary/aromatic N) is 2. The lowest BCUT2D eigenvalue weighted by Crippen LogP contribution is -2.41. The summed E-state index contributed by atoms with van der Waals surface area (Å²) in [5.74, 6) is -0.359. The van der Waals surface area contributed by atoms with Crippen molar-refractivity contribution in [2.75, 3.05) is 24.3 Å². The summed E-state index contributed by atoms with van der Waals surface area (Å²) in [6, 6.07) is 10.6. The molecule has 3 rings (SSSR count). The summed E-state index contributed by atoms with van der Waals surface area (Å²) in [5.41, 5.74) is 5.83. The van der Waals surface area contributed by atoms with Gasteiger partial charge in [0, 0.05) is 12.6 Å². The predicted molar refractivity (Wildman–Crippen MR) is 137 cm³/mol. The van der Waals surface area contributed by atoms with Crippen LogP contribution in [0, 0.1) is 12.8 Å². The molecule has 0 aliphatic rings. The molecule has 0 saturated carbocycles. The number of aromatic amines is 1. The number of ether oxygens (including phenoxy) is 1. The minimum atomic E-state index is -0.755. The van der Waals surface area contributed by atoms with Crippen LogP contribution >= 0.6 is 0 Å². The standard InChI is InChI=1S/C26H30N4O6/c1-16(2)12-13-29(21(31)11-10-19-14-20(17(3)36-19)25(33)35-4)22-23(27)30(26(34)28-24(22)32)15-18-8-6-5-7-9-18/h5-11,14,16H,12-13,15,27H2,1-4H3,(H,28,32,34)/b11-10+. The second-order valence-corrected chi connectivity index (χ2v) is 8.68. The van der Waals surface area contributed by atoms with Crippen LogP contribution in [0.25, 0.3) is 6.08 Å². The monoisotopic (exact) mass is 494 g/mol. The highest BCUT2D eigenvalue weighted by atomic mass is 16.5. The lowest BCUT2D eigenvalue weighted by atomic mass is 10.1. The molecule has 3 N–H and O–H groups in total. The maximum absolute atomic E-state index is 13.3. The van der Waals surface area contributed by atoms with E-state index in [9.17, 15) is 19.2 Å². The molecule has 2 aromatic heterocycles. The van der Waals surface area contributed by atoms with E-state index in [-0.39, 0.29) is 41.8 Å². The second kappa shape index (κ2) is 11.4. The number of esters is 1. The van der Waals surface area contributed by atoms with Crippen LogP contribution < -0.4 is 21.9 Å². The number of nitrogens with one attached hydrogen (secondary N) is 1. The Morgan fingerprint density at radius 3 is 2.56 bits per heavy atom. The molecule has 0 unspecified atom stereocenters. The first-order chi connectivity index (χ1) is 17.1. The largest absolute Gasteiger partial charge is 0.465 e. The van der Waals surface area contributed by atoms with Crippen LogP contribution in [-0.2, 0) is 16.1 Å². The second-order valence-electron chi connectivity index (χ2n) is 8.68. The van der Waals surface area contributed by atoms with Crippen molar-refractivity contribution in [3.05, 3.63) is 86.0 Å². The Balaban J connectivity index is 2.00. The fraction of sp³-hybridized carbons (Fsp3) is 0.308. The summed E-state index contributed by atoms with van der Waals surface area (Å²) in [4.78, 5) is 54.1. The van der Waals surface area contributed by atoms with Crippen molar-refractivity contribution < 1.29 is 18.7 Å². The smallest absolute Gasteiger partial charge is 0.341 e. The van der Waals surface area contributed by atoms with Gasteiger partial charge in [0.15, 0.2) is 5.69 Å². The minimum absolute atomic E-state index is 0.105. The van der Waals surface area contributed by atoms with E-state index in [4.69, 9.17) is 14.9 Å². The summed E-state index contributed by atoms with van der Waals surface area (Å²) in [6.07, 6.45) is 3.21. The first kappa shape index (κ1) is 26.3. The van der Waals surface area contributed by atoms with Crippen molar-refractivity contribution in [2.24, 2.45) is 5.92 Å². The van der Waals surface area contributed by atoms with Gasteiger partial charge in [-0.1, -0.05) is 44.2 Å². The van der Waals surface area contributed by atoms with Crippen molar-refractivity contribution in [3.63, 3.8) is 0 Å². The van der Waals surface area contributed by atoms with Gasteiger partial charge in [-0.2, -0.15) is 0 Å². The number of H-pyrrole nitrogens is 1. The van der Waals surface area contributed by atoms with E-state index in [1.807, 2.05) is 44.2 Å². The molecule has 0 aliphatic carbocycles. The van der Waals surface area contributed by atoms with Crippen molar-refractivity contribution in [1.82, 2.24) is 9.55 Å². The van der Waals surface area contributed by atoms with Gasteiger partial charge in [0.05, 0.1) is 13.7 Å². The third-order valence-electron chi connectivity index (χ3n) is 5.60. The lowest BCUT2D eigenvalue weighted by molar-refractivity contribution is -0.114. The van der Waals surface area contributed by atoms with E-state index in [1.165, 1.54) is 34.8 Å². The molecule has 1 aromatic carbocycles. The van der Waals surface area contributed by atoms with Gasteiger partial charge in [-0.05, 0) is 37.0 Å². The molecule has 0 radical (unpaired) electrons. The normalized spacial score (nSPS) is 11.2. The molecule has 0 aliphatic heterocycles. The molecule has 3 aromatic rings. The van der Waals surface area contributed by atoms with Crippen LogP contribution in [0.5, 0.6) is 0 Å². The lowest BCUT2D eigenvalue weighted by Gasteiger charge is -2.24. The third kappa shape index (κ3) is 6.01. The number of aromatic nitrogens is 2. The fourth-order valence-corrected chi connectivity index (χ4v) is 3.62. The molecule has 1 amide bonds. The summed E-state index contributed by atoms with van der Waals surface area (Å²) in [6.45, 7) is 5.91. The zero-order valence-corrected chi connectivity index (χ0v) is 20.7. The summed E-state index contributed by atoms with van der Waals surface area (Å²) in [5, 5.41) is 0. The molecule has 10 nitrogen and oxygen atoms in total. The Bertz CT molecular complexity index is 1380. The van der Waals surface area contributed by atoms with Gasteiger partial charge in [0.25, 0.3) is 11.5 Å². The van der Waals surface area contributed by atoms with Crippen LogP contribution in [0.4, 0.5) is 11.5 Å². The molecule has 36 heavy (non-hydrogen) atoms. The molecule has 0 spiro atoms. The number of carbonyl (C=O) groups excluding carboxylic acids is 2. The summed E-state index contributed by atoms with van der Waals surface area (Å²) in [7, 11) is 1.26. The first-order valence-corrected chi connectivity index (χ1v) is 11.5. The Hall–Kier alpha value is -4.34. The Morgan fingerprint density at radius 1 is 1.22 bits per heavy atom. The number of furan rings is 1. The van der Waals surface area contributed by atoms with Gasteiger partial charge in [0.1, 0.15) is 22.9 Å². The maximum Gasteiger partial charge on any atom is 0.341 e. The van der Waals surface area contributed by atoms with Crippen LogP contribution in [0.2, 0.25) is 0 Å². The number of amides is 1. The van der Waals surface area contributed by atoms with E-state index in [0.29, 0.717) is 12.2 Å². The topological polar surface area (TPSA) is 141 Å². The molecular weight excluding hydrogens is 464 g/mol. The molecule has 0 atom stereocenters. The quantitative estimate of drug-likeness (QED) is 0.344. The van der Waals surface area contributed by atoms with Gasteiger partial charge in [-0.25, -0.2) is 9.59 Å². The molecule has 0 fully saturated rings. The van der Waals surface area contributed by atoms with Gasteiger partial charge >= 0.3 is 11.7 Å². The highest BCUT2D eigenvalue weighted by Crippen LogP contribution is 2.21. The number of benzene rings is 1. The van der Waals surface area contributed by atoms with E-state index < -0.39 is 23.1 Å². The number of hydrogen-bond donors (Lipinski definition) is 2. The first-order valence-electron chi connectivity index (χ1n) is 11.5. The molecule has 0 saturated heterocycles. The molecule has 190 valence electrons. The van der Waals surface area contributed by atoms with Crippen LogP contribution in [0.3, 0.4) is 0 Å². The molecule has 10 heteroatoms. The zero-order chi connectivity index (χ0) is 26.4. The SMILES string of the molecule is COC(=O)c1cc(/C=C/C(=O)N(CCC(C)C)c2c(N)n(Cc3ccccc3)c(=O)[nH]c2=O)oc1C. The number of carbonyl (C=O) groups is 2. The number of hydrogen-bond acceptors (Lipinski definition) is 7. The zero-order valence-electron chi connectivity index (χ0n) is 20.7. The third-order valence-corrected chi connectivity index (χ3v) is 5.60. The van der Waals surface area contributed by atoms with Crippen LogP contribution in [0.15, 0.2) is 56.5 Å². The fourth-order valence-electron chi connectivity index (χ4n) is 3.62. The van der Waals surface area contributed by atoms with Gasteiger partial charge in [-0.15, -0.1) is 0 Å². The van der Waals surface area contributed by atoms with Gasteiger partial charge in [0.2, 0.25) is 0 Å². The van der Waals surface area contributed by atoms with Gasteiger partial charge in [-0.3, -0.25) is 19.1 Å². The average Bonchev–Trinajstić information content (AvgIpc) is 3.22. The maximum atomic E-state index is 13.3. The van der Waals surface area contributed by atoms with E-state index in [0.717, 1.165) is 5.56 Å². The number of aryl methyl sites for hydroxylation is 1. The summed E-state index contributed by atoms with van der Waals surface area (Å²) < 4.78 is 11.5. The minimum Gasteiger partial charge on any atom is -0.465 e. The van der Waals surface area contributed by atoms with E-state index in [2.05, 4.69) is 4.98 Å². The van der Waals surface area contributed by atoms with Crippen molar-refractivity contribution in [1.29, 1.82) is 0 Å².